The maximum Gasteiger partial charge on any atom is 0.242 e. The van der Waals surface area contributed by atoms with Crippen molar-refractivity contribution in [2.75, 3.05) is 23.4 Å². The summed E-state index contributed by atoms with van der Waals surface area (Å²) in [6, 6.07) is 1.64. The van der Waals surface area contributed by atoms with Crippen LogP contribution in [0.15, 0.2) is 6.07 Å². The van der Waals surface area contributed by atoms with E-state index in [1.54, 1.807) is 0 Å². The highest BCUT2D eigenvalue weighted by atomic mass is 16.2. The van der Waals surface area contributed by atoms with Gasteiger partial charge >= 0.3 is 0 Å². The highest BCUT2D eigenvalue weighted by Crippen LogP contribution is 2.39. The molecule has 0 aromatic carbocycles. The van der Waals surface area contributed by atoms with Crippen LogP contribution in [0.4, 0.5) is 11.6 Å². The molecule has 2 aliphatic rings. The Morgan fingerprint density at radius 3 is 2.95 bits per heavy atom. The fourth-order valence-electron chi connectivity index (χ4n) is 2.59. The van der Waals surface area contributed by atoms with Gasteiger partial charge in [0.25, 0.3) is 0 Å². The van der Waals surface area contributed by atoms with E-state index in [1.807, 2.05) is 17.9 Å². The van der Waals surface area contributed by atoms with Crippen molar-refractivity contribution in [3.8, 4) is 0 Å². The summed E-state index contributed by atoms with van der Waals surface area (Å²) in [5, 5.41) is 2.90. The molecule has 1 aromatic rings. The minimum Gasteiger partial charge on any atom is -0.353 e. The predicted molar refractivity (Wildman–Crippen MR) is 76.3 cm³/mol. The van der Waals surface area contributed by atoms with Gasteiger partial charge in [0, 0.05) is 25.1 Å². The maximum atomic E-state index is 12.0. The van der Waals surface area contributed by atoms with E-state index in [2.05, 4.69) is 20.7 Å². The first-order chi connectivity index (χ1) is 9.72. The topological polar surface area (TPSA) is 96.2 Å². The Morgan fingerprint density at radius 2 is 2.30 bits per heavy atom. The second kappa shape index (κ2) is 5.24. The molecule has 1 saturated carbocycles. The summed E-state index contributed by atoms with van der Waals surface area (Å²) in [4.78, 5) is 23.1. The van der Waals surface area contributed by atoms with Crippen molar-refractivity contribution in [2.45, 2.75) is 38.1 Å². The summed E-state index contributed by atoms with van der Waals surface area (Å²) in [7, 11) is 0. The quantitative estimate of drug-likeness (QED) is 0.542. The number of hydrogen-bond donors (Lipinski definition) is 3. The molecular weight excluding hydrogens is 256 g/mol. The molecule has 2 heterocycles. The van der Waals surface area contributed by atoms with Crippen LogP contribution < -0.4 is 21.5 Å². The number of carbonyl (C=O) groups excluding carboxylic acids is 1. The largest absolute Gasteiger partial charge is 0.353 e. The number of amides is 1. The van der Waals surface area contributed by atoms with Gasteiger partial charge < -0.3 is 15.6 Å². The lowest BCUT2D eigenvalue weighted by Gasteiger charge is -2.35. The van der Waals surface area contributed by atoms with Crippen LogP contribution in [0.2, 0.25) is 0 Å². The fraction of sp³-hybridized carbons (Fsp3) is 0.615. The van der Waals surface area contributed by atoms with Gasteiger partial charge in [0.05, 0.1) is 0 Å². The number of piperazine rings is 1. The van der Waals surface area contributed by atoms with E-state index >= 15 is 0 Å². The van der Waals surface area contributed by atoms with Crippen molar-refractivity contribution in [1.82, 2.24) is 15.3 Å². The van der Waals surface area contributed by atoms with Crippen LogP contribution in [0.1, 0.15) is 37.9 Å². The van der Waals surface area contributed by atoms with Crippen molar-refractivity contribution >= 4 is 17.5 Å². The molecule has 1 aliphatic carbocycles. The van der Waals surface area contributed by atoms with Crippen LogP contribution in [0.3, 0.4) is 0 Å². The molecule has 108 valence electrons. The molecule has 7 nitrogen and oxygen atoms in total. The van der Waals surface area contributed by atoms with Crippen LogP contribution in [0.25, 0.3) is 0 Å². The van der Waals surface area contributed by atoms with Crippen LogP contribution in [0, 0.1) is 0 Å². The van der Waals surface area contributed by atoms with Gasteiger partial charge in [0.15, 0.2) is 0 Å². The Balaban J connectivity index is 1.94. The Bertz CT molecular complexity index is 516. The number of anilines is 2. The number of nitrogens with zero attached hydrogens (tertiary/aromatic N) is 3. The second-order valence-electron chi connectivity index (χ2n) is 5.30. The summed E-state index contributed by atoms with van der Waals surface area (Å²) < 4.78 is 0. The van der Waals surface area contributed by atoms with Gasteiger partial charge in [0.2, 0.25) is 5.91 Å². The summed E-state index contributed by atoms with van der Waals surface area (Å²) in [5.74, 6) is 8.23. The van der Waals surface area contributed by atoms with Gasteiger partial charge in [-0.15, -0.1) is 0 Å². The van der Waals surface area contributed by atoms with Gasteiger partial charge in [-0.25, -0.2) is 15.8 Å². The molecular formula is C13H20N6O. The van der Waals surface area contributed by atoms with Crippen LogP contribution in [-0.4, -0.2) is 35.0 Å². The minimum absolute atomic E-state index is 0.0626. The molecule has 1 amide bonds. The van der Waals surface area contributed by atoms with Crippen molar-refractivity contribution in [2.24, 2.45) is 5.84 Å². The molecule has 1 aromatic heterocycles. The van der Waals surface area contributed by atoms with Crippen molar-refractivity contribution in [3.05, 3.63) is 11.9 Å². The Hall–Kier alpha value is -1.89. The number of carbonyl (C=O) groups is 1. The second-order valence-corrected chi connectivity index (χ2v) is 5.30. The molecule has 2 fully saturated rings. The van der Waals surface area contributed by atoms with Crippen LogP contribution in [-0.2, 0) is 4.79 Å². The molecule has 0 spiro atoms. The lowest BCUT2D eigenvalue weighted by atomic mass is 10.1. The zero-order valence-corrected chi connectivity index (χ0v) is 11.6. The number of aromatic nitrogens is 2. The number of nitrogen functional groups attached to an aromatic ring is 1. The summed E-state index contributed by atoms with van der Waals surface area (Å²) >= 11 is 0. The molecule has 20 heavy (non-hydrogen) atoms. The third-order valence-corrected chi connectivity index (χ3v) is 3.83. The summed E-state index contributed by atoms with van der Waals surface area (Å²) in [6.45, 7) is 3.41. The first-order valence-corrected chi connectivity index (χ1v) is 7.13. The molecule has 1 aliphatic heterocycles. The van der Waals surface area contributed by atoms with Gasteiger partial charge in [-0.3, -0.25) is 4.79 Å². The maximum absolute atomic E-state index is 12.0. The molecule has 7 heteroatoms. The number of rotatable bonds is 4. The van der Waals surface area contributed by atoms with Crippen LogP contribution >= 0.6 is 0 Å². The van der Waals surface area contributed by atoms with E-state index in [0.29, 0.717) is 18.3 Å². The number of hydrogen-bond acceptors (Lipinski definition) is 6. The zero-order valence-electron chi connectivity index (χ0n) is 11.6. The normalized spacial score (nSPS) is 22.6. The van der Waals surface area contributed by atoms with Gasteiger partial charge in [0.1, 0.15) is 23.5 Å². The smallest absolute Gasteiger partial charge is 0.242 e. The molecule has 1 unspecified atom stereocenters. The number of nitrogens with one attached hydrogen (secondary N) is 2. The molecule has 3 rings (SSSR count). The molecule has 1 saturated heterocycles. The zero-order chi connectivity index (χ0) is 14.1. The van der Waals surface area contributed by atoms with Gasteiger partial charge in [-0.2, -0.15) is 0 Å². The average molecular weight is 276 g/mol. The van der Waals surface area contributed by atoms with Crippen molar-refractivity contribution < 1.29 is 4.79 Å². The van der Waals surface area contributed by atoms with E-state index < -0.39 is 0 Å². The van der Waals surface area contributed by atoms with Crippen molar-refractivity contribution in [1.29, 1.82) is 0 Å². The lowest BCUT2D eigenvalue weighted by Crippen LogP contribution is -2.55. The Morgan fingerprint density at radius 1 is 1.50 bits per heavy atom. The standard InChI is InChI=1S/C13H20N6O/c1-2-9-13(20)15-5-6-19(9)11-7-10(18-14)16-12(17-11)8-3-4-8/h7-9H,2-6,14H2,1H3,(H,15,20)(H,16,17,18). The minimum atomic E-state index is -0.170. The van der Waals surface area contributed by atoms with Crippen molar-refractivity contribution in [3.63, 3.8) is 0 Å². The van der Waals surface area contributed by atoms with E-state index in [-0.39, 0.29) is 11.9 Å². The molecule has 0 radical (unpaired) electrons. The van der Waals surface area contributed by atoms with E-state index in [1.165, 1.54) is 0 Å². The van der Waals surface area contributed by atoms with Gasteiger partial charge in [-0.1, -0.05) is 6.92 Å². The predicted octanol–water partition coefficient (Wildman–Crippen LogP) is 0.354. The summed E-state index contributed by atoms with van der Waals surface area (Å²) in [5.41, 5.74) is 2.60. The monoisotopic (exact) mass is 276 g/mol. The SMILES string of the molecule is CCC1C(=O)NCCN1c1cc(NN)nc(C2CC2)n1. The molecule has 1 atom stereocenters. The fourth-order valence-corrected chi connectivity index (χ4v) is 2.59. The first kappa shape index (κ1) is 13.1. The van der Waals surface area contributed by atoms with Gasteiger partial charge in [-0.05, 0) is 19.3 Å². The molecule has 0 bridgehead atoms. The highest BCUT2D eigenvalue weighted by Gasteiger charge is 2.32. The third-order valence-electron chi connectivity index (χ3n) is 3.83. The molecule has 4 N–H and O–H groups in total. The van der Waals surface area contributed by atoms with E-state index in [4.69, 9.17) is 5.84 Å². The van der Waals surface area contributed by atoms with E-state index in [9.17, 15) is 4.79 Å². The number of nitrogens with two attached hydrogens (primary N) is 1. The lowest BCUT2D eigenvalue weighted by molar-refractivity contribution is -0.123. The Kier molecular flexibility index (Phi) is 3.43. The Labute approximate surface area is 117 Å². The van der Waals surface area contributed by atoms with Crippen LogP contribution in [0.5, 0.6) is 0 Å². The summed E-state index contributed by atoms with van der Waals surface area (Å²) in [6.07, 6.45) is 3.01. The highest BCUT2D eigenvalue weighted by molar-refractivity contribution is 5.86. The number of hydrazine groups is 1. The van der Waals surface area contributed by atoms with E-state index in [0.717, 1.165) is 37.4 Å². The third kappa shape index (κ3) is 2.40. The first-order valence-electron chi connectivity index (χ1n) is 7.13. The average Bonchev–Trinajstić information content (AvgIpc) is 3.31.